The molecule has 0 aliphatic rings. The van der Waals surface area contributed by atoms with Gasteiger partial charge in [-0.25, -0.2) is 0 Å². The number of furan rings is 1. The molecule has 0 unspecified atom stereocenters. The Morgan fingerprint density at radius 3 is 2.30 bits per heavy atom. The van der Waals surface area contributed by atoms with Gasteiger partial charge in [0.05, 0.1) is 11.6 Å². The molecule has 0 amide bonds. The van der Waals surface area contributed by atoms with Crippen molar-refractivity contribution < 1.29 is 14.8 Å². The Labute approximate surface area is 120 Å². The van der Waals surface area contributed by atoms with E-state index in [0.29, 0.717) is 0 Å². The van der Waals surface area contributed by atoms with Crippen molar-refractivity contribution in [2.45, 2.75) is 45.9 Å². The van der Waals surface area contributed by atoms with E-state index < -0.39 is 6.10 Å². The van der Waals surface area contributed by atoms with Gasteiger partial charge in [-0.05, 0) is 45.4 Å². The maximum atomic E-state index is 9.51. The molecule has 0 saturated carbocycles. The predicted molar refractivity (Wildman–Crippen MR) is 80.2 cm³/mol. The Kier molecular flexibility index (Phi) is 4.31. The van der Waals surface area contributed by atoms with Crippen LogP contribution in [0.4, 0.5) is 0 Å². The molecule has 3 N–H and O–H groups in total. The van der Waals surface area contributed by atoms with Crippen molar-refractivity contribution in [1.82, 2.24) is 0 Å². The average molecular weight is 274 g/mol. The maximum absolute atomic E-state index is 9.51. The first kappa shape index (κ1) is 14.8. The lowest BCUT2D eigenvalue weighted by atomic mass is 10.1. The van der Waals surface area contributed by atoms with Crippen molar-refractivity contribution in [3.63, 3.8) is 0 Å². The molecule has 2 rings (SSSR count). The third-order valence-corrected chi connectivity index (χ3v) is 3.25. The standard InChI is InChI=1S/C17H23NO2/c1-12(19)13-5-7-14(8-6-13)16-10-9-15(20-16)11-18-17(2,3)4/h5-10,12,18-19H,11H2,1-4H3/p+1/t12-/m0/s1. The number of rotatable bonds is 4. The minimum Gasteiger partial charge on any atom is -0.455 e. The van der Waals surface area contributed by atoms with Gasteiger partial charge in [0, 0.05) is 5.56 Å². The molecule has 108 valence electrons. The van der Waals surface area contributed by atoms with Crippen molar-refractivity contribution in [3.05, 3.63) is 47.7 Å². The van der Waals surface area contributed by atoms with Crippen molar-refractivity contribution >= 4 is 0 Å². The van der Waals surface area contributed by atoms with Crippen LogP contribution in [0.15, 0.2) is 40.8 Å². The molecular formula is C17H24NO2+. The Hall–Kier alpha value is -1.58. The van der Waals surface area contributed by atoms with Gasteiger partial charge in [-0.3, -0.25) is 0 Å². The highest BCUT2D eigenvalue weighted by molar-refractivity contribution is 5.58. The van der Waals surface area contributed by atoms with Crippen LogP contribution in [0.25, 0.3) is 11.3 Å². The van der Waals surface area contributed by atoms with Crippen molar-refractivity contribution in [2.75, 3.05) is 0 Å². The van der Waals surface area contributed by atoms with Gasteiger partial charge in [0.1, 0.15) is 12.3 Å². The molecule has 1 aromatic heterocycles. The summed E-state index contributed by atoms with van der Waals surface area (Å²) in [5, 5.41) is 11.8. The summed E-state index contributed by atoms with van der Waals surface area (Å²) in [6.07, 6.45) is -0.433. The van der Waals surface area contributed by atoms with Gasteiger partial charge in [-0.1, -0.05) is 24.3 Å². The molecular weight excluding hydrogens is 250 g/mol. The van der Waals surface area contributed by atoms with Crippen LogP contribution in [0, 0.1) is 0 Å². The molecule has 0 spiro atoms. The Bertz CT molecular complexity index is 547. The van der Waals surface area contributed by atoms with E-state index in [-0.39, 0.29) is 5.54 Å². The topological polar surface area (TPSA) is 50.0 Å². The number of hydrogen-bond acceptors (Lipinski definition) is 2. The van der Waals surface area contributed by atoms with Crippen molar-refractivity contribution in [3.8, 4) is 11.3 Å². The van der Waals surface area contributed by atoms with E-state index in [9.17, 15) is 5.11 Å². The summed E-state index contributed by atoms with van der Waals surface area (Å²) in [4.78, 5) is 0. The van der Waals surface area contributed by atoms with Crippen LogP contribution in [0.3, 0.4) is 0 Å². The molecule has 3 nitrogen and oxygen atoms in total. The predicted octanol–water partition coefficient (Wildman–Crippen LogP) is 2.86. The van der Waals surface area contributed by atoms with E-state index in [1.54, 1.807) is 6.92 Å². The largest absolute Gasteiger partial charge is 0.455 e. The molecule has 0 aliphatic heterocycles. The highest BCUT2D eigenvalue weighted by Crippen LogP contribution is 2.23. The quantitative estimate of drug-likeness (QED) is 0.900. The summed E-state index contributed by atoms with van der Waals surface area (Å²) >= 11 is 0. The van der Waals surface area contributed by atoms with Gasteiger partial charge in [-0.15, -0.1) is 0 Å². The lowest BCUT2D eigenvalue weighted by molar-refractivity contribution is -0.732. The second-order valence-corrected chi connectivity index (χ2v) is 6.34. The lowest BCUT2D eigenvalue weighted by Gasteiger charge is -2.15. The van der Waals surface area contributed by atoms with E-state index >= 15 is 0 Å². The summed E-state index contributed by atoms with van der Waals surface area (Å²) in [7, 11) is 0. The van der Waals surface area contributed by atoms with Gasteiger partial charge in [0.2, 0.25) is 0 Å². The second-order valence-electron chi connectivity index (χ2n) is 6.34. The van der Waals surface area contributed by atoms with Crippen LogP contribution in [0.5, 0.6) is 0 Å². The first-order chi connectivity index (χ1) is 9.35. The molecule has 0 radical (unpaired) electrons. The van der Waals surface area contributed by atoms with Crippen LogP contribution >= 0.6 is 0 Å². The van der Waals surface area contributed by atoms with E-state index in [0.717, 1.165) is 29.2 Å². The molecule has 20 heavy (non-hydrogen) atoms. The summed E-state index contributed by atoms with van der Waals surface area (Å²) in [6.45, 7) is 9.17. The third kappa shape index (κ3) is 3.95. The minimum absolute atomic E-state index is 0.200. The molecule has 0 fully saturated rings. The van der Waals surface area contributed by atoms with E-state index in [2.05, 4.69) is 26.1 Å². The second kappa shape index (κ2) is 5.81. The lowest BCUT2D eigenvalue weighted by Crippen LogP contribution is -2.92. The molecule has 1 heterocycles. The zero-order valence-electron chi connectivity index (χ0n) is 12.7. The SMILES string of the molecule is C[C@H](O)c1ccc(-c2ccc(C[NH2+]C(C)(C)C)o2)cc1. The van der Waals surface area contributed by atoms with Gasteiger partial charge >= 0.3 is 0 Å². The number of quaternary nitrogens is 1. The summed E-state index contributed by atoms with van der Waals surface area (Å²) in [5.74, 6) is 1.86. The van der Waals surface area contributed by atoms with E-state index in [4.69, 9.17) is 4.42 Å². The Balaban J connectivity index is 2.08. The van der Waals surface area contributed by atoms with E-state index in [1.807, 2.05) is 36.4 Å². The number of aliphatic hydroxyl groups excluding tert-OH is 1. The molecule has 0 aliphatic carbocycles. The van der Waals surface area contributed by atoms with Gasteiger partial charge in [0.15, 0.2) is 5.76 Å². The summed E-state index contributed by atoms with van der Waals surface area (Å²) in [5.41, 5.74) is 2.16. The third-order valence-electron chi connectivity index (χ3n) is 3.25. The van der Waals surface area contributed by atoms with Gasteiger partial charge in [-0.2, -0.15) is 0 Å². The minimum atomic E-state index is -0.433. The Morgan fingerprint density at radius 1 is 1.10 bits per heavy atom. The molecule has 3 heteroatoms. The molecule has 1 atom stereocenters. The van der Waals surface area contributed by atoms with Crippen LogP contribution in [0.2, 0.25) is 0 Å². The Morgan fingerprint density at radius 2 is 1.75 bits per heavy atom. The summed E-state index contributed by atoms with van der Waals surface area (Å²) < 4.78 is 5.87. The van der Waals surface area contributed by atoms with Crippen molar-refractivity contribution in [2.24, 2.45) is 0 Å². The highest BCUT2D eigenvalue weighted by Gasteiger charge is 2.14. The number of nitrogens with two attached hydrogens (primary N) is 1. The normalized spacial score (nSPS) is 13.4. The van der Waals surface area contributed by atoms with Crippen LogP contribution in [-0.2, 0) is 6.54 Å². The zero-order chi connectivity index (χ0) is 14.8. The first-order valence-corrected chi connectivity index (χ1v) is 7.07. The van der Waals surface area contributed by atoms with Crippen LogP contribution < -0.4 is 5.32 Å². The molecule has 2 aromatic rings. The van der Waals surface area contributed by atoms with Gasteiger partial charge < -0.3 is 14.8 Å². The fraction of sp³-hybridized carbons (Fsp3) is 0.412. The maximum Gasteiger partial charge on any atom is 0.158 e. The van der Waals surface area contributed by atoms with E-state index in [1.165, 1.54) is 0 Å². The molecule has 0 saturated heterocycles. The monoisotopic (exact) mass is 274 g/mol. The number of hydrogen-bond donors (Lipinski definition) is 2. The van der Waals surface area contributed by atoms with Crippen molar-refractivity contribution in [1.29, 1.82) is 0 Å². The number of aliphatic hydroxyl groups is 1. The van der Waals surface area contributed by atoms with Crippen LogP contribution in [0.1, 0.15) is 45.1 Å². The average Bonchev–Trinajstić information content (AvgIpc) is 2.84. The highest BCUT2D eigenvalue weighted by atomic mass is 16.3. The summed E-state index contributed by atoms with van der Waals surface area (Å²) in [6, 6.07) is 11.9. The molecule has 0 bridgehead atoms. The number of benzene rings is 1. The first-order valence-electron chi connectivity index (χ1n) is 7.07. The fourth-order valence-corrected chi connectivity index (χ4v) is 1.98. The zero-order valence-corrected chi connectivity index (χ0v) is 12.7. The fourth-order valence-electron chi connectivity index (χ4n) is 1.98. The van der Waals surface area contributed by atoms with Gasteiger partial charge in [0.25, 0.3) is 0 Å². The van der Waals surface area contributed by atoms with Crippen LogP contribution in [-0.4, -0.2) is 10.6 Å². The smallest absolute Gasteiger partial charge is 0.158 e. The molecule has 1 aromatic carbocycles.